The lowest BCUT2D eigenvalue weighted by Gasteiger charge is -2.35. The van der Waals surface area contributed by atoms with Crippen molar-refractivity contribution in [1.82, 2.24) is 5.32 Å². The van der Waals surface area contributed by atoms with E-state index in [1.807, 2.05) is 0 Å². The zero-order chi connectivity index (χ0) is 14.5. The SMILES string of the molecule is [N-]=[N+]=CC(=O)CC[C@H](NC(=O)C1(O)CCC1)C(=O)O. The normalized spacial score (nSPS) is 17.5. The molecule has 1 rings (SSSR count). The van der Waals surface area contributed by atoms with Gasteiger partial charge in [-0.1, -0.05) is 0 Å². The predicted octanol–water partition coefficient (Wildman–Crippen LogP) is -0.879. The number of carbonyl (C=O) groups excluding carboxylic acids is 2. The average Bonchev–Trinajstić information content (AvgIpc) is 2.31. The van der Waals surface area contributed by atoms with Crippen molar-refractivity contribution in [3.63, 3.8) is 0 Å². The lowest BCUT2D eigenvalue weighted by molar-refractivity contribution is -0.153. The van der Waals surface area contributed by atoms with Gasteiger partial charge in [0.15, 0.2) is 0 Å². The van der Waals surface area contributed by atoms with Crippen LogP contribution in [0.2, 0.25) is 0 Å². The second kappa shape index (κ2) is 6.21. The van der Waals surface area contributed by atoms with Crippen LogP contribution in [0.5, 0.6) is 0 Å². The molecule has 0 spiro atoms. The molecule has 0 heterocycles. The Hall–Kier alpha value is -2.05. The number of aliphatic carboxylic acids is 1. The van der Waals surface area contributed by atoms with Crippen molar-refractivity contribution in [3.05, 3.63) is 5.53 Å². The summed E-state index contributed by atoms with van der Waals surface area (Å²) >= 11 is 0. The molecule has 8 nitrogen and oxygen atoms in total. The minimum atomic E-state index is -1.48. The van der Waals surface area contributed by atoms with Gasteiger partial charge in [-0.05, 0) is 25.7 Å². The van der Waals surface area contributed by atoms with Gasteiger partial charge in [-0.15, -0.1) is 0 Å². The van der Waals surface area contributed by atoms with Crippen molar-refractivity contribution in [2.75, 3.05) is 0 Å². The van der Waals surface area contributed by atoms with E-state index in [2.05, 4.69) is 10.1 Å². The minimum Gasteiger partial charge on any atom is -0.480 e. The second-order valence-corrected chi connectivity index (χ2v) is 4.50. The minimum absolute atomic E-state index is 0.137. The van der Waals surface area contributed by atoms with Crippen molar-refractivity contribution in [1.29, 1.82) is 0 Å². The number of nitrogens with one attached hydrogen (secondary N) is 1. The van der Waals surface area contributed by atoms with Gasteiger partial charge in [-0.25, -0.2) is 4.79 Å². The van der Waals surface area contributed by atoms with E-state index in [-0.39, 0.29) is 12.8 Å². The molecule has 1 fully saturated rings. The molecule has 0 bridgehead atoms. The van der Waals surface area contributed by atoms with E-state index in [0.29, 0.717) is 25.5 Å². The first-order valence-electron chi connectivity index (χ1n) is 5.85. The summed E-state index contributed by atoms with van der Waals surface area (Å²) in [6.45, 7) is 0. The van der Waals surface area contributed by atoms with Gasteiger partial charge >= 0.3 is 12.2 Å². The molecule has 0 radical (unpaired) electrons. The molecule has 1 aliphatic carbocycles. The number of Topliss-reactive ketones (excluding diaryl/α,β-unsaturated/α-hetero) is 1. The van der Waals surface area contributed by atoms with E-state index >= 15 is 0 Å². The number of hydrogen-bond donors (Lipinski definition) is 3. The Kier molecular flexibility index (Phi) is 4.91. The number of amides is 1. The molecule has 0 aromatic carbocycles. The highest BCUT2D eigenvalue weighted by Crippen LogP contribution is 2.31. The Balaban J connectivity index is 2.53. The highest BCUT2D eigenvalue weighted by molar-refractivity contribution is 6.25. The van der Waals surface area contributed by atoms with Crippen LogP contribution in [0.15, 0.2) is 0 Å². The molecule has 0 unspecified atom stereocenters. The van der Waals surface area contributed by atoms with Gasteiger partial charge in [0.2, 0.25) is 5.78 Å². The number of nitrogens with zero attached hydrogens (tertiary/aromatic N) is 2. The highest BCUT2D eigenvalue weighted by atomic mass is 16.4. The van der Waals surface area contributed by atoms with Crippen molar-refractivity contribution in [3.8, 4) is 0 Å². The Labute approximate surface area is 109 Å². The van der Waals surface area contributed by atoms with E-state index in [1.165, 1.54) is 0 Å². The molecule has 0 aromatic heterocycles. The Morgan fingerprint density at radius 2 is 2.05 bits per heavy atom. The number of ketones is 1. The number of aliphatic hydroxyl groups is 1. The van der Waals surface area contributed by atoms with Crippen molar-refractivity contribution >= 4 is 23.9 Å². The molecule has 1 aliphatic rings. The maximum absolute atomic E-state index is 11.7. The first-order chi connectivity index (χ1) is 8.89. The van der Waals surface area contributed by atoms with Crippen molar-refractivity contribution in [2.45, 2.75) is 43.7 Å². The first kappa shape index (κ1) is 15.0. The van der Waals surface area contributed by atoms with Crippen LogP contribution in [0.4, 0.5) is 0 Å². The number of carbonyl (C=O) groups is 3. The monoisotopic (exact) mass is 269 g/mol. The quantitative estimate of drug-likeness (QED) is 0.313. The van der Waals surface area contributed by atoms with Crippen LogP contribution >= 0.6 is 0 Å². The Morgan fingerprint density at radius 1 is 1.42 bits per heavy atom. The van der Waals surface area contributed by atoms with Gasteiger partial charge in [-0.2, -0.15) is 4.79 Å². The van der Waals surface area contributed by atoms with E-state index in [1.54, 1.807) is 0 Å². The molecule has 104 valence electrons. The van der Waals surface area contributed by atoms with Gasteiger partial charge in [-0.3, -0.25) is 9.59 Å². The first-order valence-corrected chi connectivity index (χ1v) is 5.85. The Morgan fingerprint density at radius 3 is 2.47 bits per heavy atom. The third kappa shape index (κ3) is 3.97. The fourth-order valence-electron chi connectivity index (χ4n) is 1.70. The molecular weight excluding hydrogens is 254 g/mol. The van der Waals surface area contributed by atoms with Crippen LogP contribution < -0.4 is 5.32 Å². The van der Waals surface area contributed by atoms with Crippen molar-refractivity contribution < 1.29 is 29.4 Å². The van der Waals surface area contributed by atoms with Crippen LogP contribution in [0.25, 0.3) is 5.53 Å². The smallest absolute Gasteiger partial charge is 0.326 e. The number of carboxylic acids is 1. The van der Waals surface area contributed by atoms with E-state index in [0.717, 1.165) is 0 Å². The van der Waals surface area contributed by atoms with Crippen molar-refractivity contribution in [2.24, 2.45) is 0 Å². The molecule has 3 N–H and O–H groups in total. The standard InChI is InChI=1S/C11H15N3O5/c12-13-6-7(15)2-3-8(9(16)17)14-10(18)11(19)4-1-5-11/h6,8,19H,1-5H2,(H,14,18)(H,16,17)/t8-/m0/s1. The lowest BCUT2D eigenvalue weighted by atomic mass is 9.79. The summed E-state index contributed by atoms with van der Waals surface area (Å²) in [5, 5.41) is 20.9. The summed E-state index contributed by atoms with van der Waals surface area (Å²) in [6, 6.07) is -1.26. The molecule has 1 atom stereocenters. The third-order valence-corrected chi connectivity index (χ3v) is 3.09. The summed E-state index contributed by atoms with van der Waals surface area (Å²) in [4.78, 5) is 36.2. The van der Waals surface area contributed by atoms with Crippen LogP contribution in [-0.2, 0) is 14.4 Å². The maximum Gasteiger partial charge on any atom is 0.326 e. The maximum atomic E-state index is 11.7. The molecular formula is C11H15N3O5. The Bertz CT molecular complexity index is 438. The summed E-state index contributed by atoms with van der Waals surface area (Å²) in [5.74, 6) is -2.57. The van der Waals surface area contributed by atoms with E-state index in [9.17, 15) is 19.5 Å². The molecule has 0 aliphatic heterocycles. The number of rotatable bonds is 7. The zero-order valence-corrected chi connectivity index (χ0v) is 10.2. The van der Waals surface area contributed by atoms with Gasteiger partial charge in [0.05, 0.1) is 0 Å². The summed E-state index contributed by atoms with van der Waals surface area (Å²) in [6.07, 6.45) is 1.68. The van der Waals surface area contributed by atoms with Gasteiger partial charge in [0.25, 0.3) is 5.91 Å². The third-order valence-electron chi connectivity index (χ3n) is 3.09. The lowest BCUT2D eigenvalue weighted by Crippen LogP contribution is -2.55. The number of hydrogen-bond acceptors (Lipinski definition) is 4. The van der Waals surface area contributed by atoms with E-state index < -0.39 is 29.3 Å². The van der Waals surface area contributed by atoms with E-state index in [4.69, 9.17) is 10.6 Å². The molecule has 1 amide bonds. The summed E-state index contributed by atoms with van der Waals surface area (Å²) < 4.78 is 0. The fraction of sp³-hybridized carbons (Fsp3) is 0.636. The van der Waals surface area contributed by atoms with Crippen LogP contribution in [0.3, 0.4) is 0 Å². The second-order valence-electron chi connectivity index (χ2n) is 4.50. The largest absolute Gasteiger partial charge is 0.480 e. The molecule has 0 saturated heterocycles. The average molecular weight is 269 g/mol. The van der Waals surface area contributed by atoms with Gasteiger partial charge in [0.1, 0.15) is 11.6 Å². The molecule has 0 aromatic rings. The van der Waals surface area contributed by atoms with Gasteiger partial charge in [0, 0.05) is 6.42 Å². The predicted molar refractivity (Wildman–Crippen MR) is 62.3 cm³/mol. The fourth-order valence-corrected chi connectivity index (χ4v) is 1.70. The zero-order valence-electron chi connectivity index (χ0n) is 10.2. The summed E-state index contributed by atoms with van der Waals surface area (Å²) in [5.41, 5.74) is 6.65. The number of carboxylic acid groups (broad SMARTS) is 1. The summed E-state index contributed by atoms with van der Waals surface area (Å²) in [7, 11) is 0. The topological polar surface area (TPSA) is 140 Å². The van der Waals surface area contributed by atoms with Crippen LogP contribution in [0, 0.1) is 0 Å². The highest BCUT2D eigenvalue weighted by Gasteiger charge is 2.43. The molecule has 8 heteroatoms. The molecule has 19 heavy (non-hydrogen) atoms. The van der Waals surface area contributed by atoms with Gasteiger partial charge < -0.3 is 21.1 Å². The van der Waals surface area contributed by atoms with Crippen LogP contribution in [0.1, 0.15) is 32.1 Å². The van der Waals surface area contributed by atoms with Crippen LogP contribution in [-0.4, -0.2) is 50.5 Å². The molecule has 1 saturated carbocycles.